The fourth-order valence-electron chi connectivity index (χ4n) is 2.12. The van der Waals surface area contributed by atoms with Crippen LogP contribution in [0.25, 0.3) is 11.4 Å². The summed E-state index contributed by atoms with van der Waals surface area (Å²) in [5.74, 6) is 0.976. The van der Waals surface area contributed by atoms with Crippen molar-refractivity contribution in [2.45, 2.75) is 19.6 Å². The summed E-state index contributed by atoms with van der Waals surface area (Å²) in [5, 5.41) is 7.81. The average molecular weight is 392 g/mol. The third kappa shape index (κ3) is 4.74. The van der Waals surface area contributed by atoms with Gasteiger partial charge >= 0.3 is 0 Å². The highest BCUT2D eigenvalue weighted by Gasteiger charge is 2.16. The third-order valence-corrected chi connectivity index (χ3v) is 3.98. The van der Waals surface area contributed by atoms with Crippen molar-refractivity contribution in [1.29, 1.82) is 0 Å². The summed E-state index contributed by atoms with van der Waals surface area (Å²) in [4.78, 5) is 16.4. The van der Waals surface area contributed by atoms with Gasteiger partial charge in [0.2, 0.25) is 11.7 Å². The molecule has 0 fully saturated rings. The van der Waals surface area contributed by atoms with Gasteiger partial charge in [-0.1, -0.05) is 28.4 Å². The van der Waals surface area contributed by atoms with E-state index in [-0.39, 0.29) is 12.5 Å². The minimum absolute atomic E-state index is 0.105. The van der Waals surface area contributed by atoms with Gasteiger partial charge in [0, 0.05) is 15.6 Å². The molecule has 0 bridgehead atoms. The first-order valence-corrected chi connectivity index (χ1v) is 8.55. The smallest absolute Gasteiger partial charge is 0.261 e. The number of rotatable bonds is 6. The predicted octanol–water partition coefficient (Wildman–Crippen LogP) is 4.13. The number of hydrogen-bond acceptors (Lipinski definition) is 5. The predicted molar refractivity (Wildman–Crippen MR) is 98.1 cm³/mol. The molecule has 0 radical (unpaired) electrons. The van der Waals surface area contributed by atoms with Gasteiger partial charge < -0.3 is 14.6 Å². The Balaban J connectivity index is 1.54. The number of nitrogens with one attached hydrogen (secondary N) is 1. The minimum atomic E-state index is -0.685. The van der Waals surface area contributed by atoms with E-state index in [9.17, 15) is 4.79 Å². The number of nitrogens with zero attached hydrogens (tertiary/aromatic N) is 2. The molecule has 2 aromatic carbocycles. The van der Waals surface area contributed by atoms with Gasteiger partial charge in [0.1, 0.15) is 5.75 Å². The molecule has 1 N–H and O–H groups in total. The molecule has 0 saturated heterocycles. The number of carbonyl (C=O) groups is 1. The molecule has 1 heterocycles. The molecule has 1 atom stereocenters. The number of carbonyl (C=O) groups excluding carboxylic acids is 1. The second-order valence-electron chi connectivity index (χ2n) is 5.45. The second-order valence-corrected chi connectivity index (χ2v) is 6.32. The van der Waals surface area contributed by atoms with Crippen molar-refractivity contribution in [3.05, 3.63) is 64.5 Å². The lowest BCUT2D eigenvalue weighted by molar-refractivity contribution is -0.127. The minimum Gasteiger partial charge on any atom is -0.481 e. The van der Waals surface area contributed by atoms with Crippen molar-refractivity contribution in [2.24, 2.45) is 0 Å². The molecule has 26 heavy (non-hydrogen) atoms. The van der Waals surface area contributed by atoms with Crippen LogP contribution in [0.1, 0.15) is 12.8 Å². The maximum atomic E-state index is 12.1. The molecule has 134 valence electrons. The summed E-state index contributed by atoms with van der Waals surface area (Å²) in [6, 6.07) is 13.8. The van der Waals surface area contributed by atoms with Crippen LogP contribution in [0.2, 0.25) is 10.0 Å². The zero-order valence-corrected chi connectivity index (χ0v) is 15.3. The lowest BCUT2D eigenvalue weighted by Gasteiger charge is -2.13. The van der Waals surface area contributed by atoms with Crippen LogP contribution in [0.5, 0.6) is 5.75 Å². The summed E-state index contributed by atoms with van der Waals surface area (Å²) in [6.45, 7) is 1.75. The van der Waals surface area contributed by atoms with Crippen LogP contribution < -0.4 is 10.1 Å². The van der Waals surface area contributed by atoms with E-state index >= 15 is 0 Å². The molecule has 3 rings (SSSR count). The molecule has 0 aliphatic heterocycles. The standard InChI is InChI=1S/C18H15Cl2N3O3/c1-11(25-15-8-6-14(20)7-9-15)18(24)21-10-16-22-17(23-26-16)12-2-4-13(19)5-3-12/h2-9,11H,10H2,1H3,(H,21,24). The van der Waals surface area contributed by atoms with Gasteiger partial charge in [-0.15, -0.1) is 0 Å². The lowest BCUT2D eigenvalue weighted by atomic mass is 10.2. The summed E-state index contributed by atoms with van der Waals surface area (Å²) in [6.07, 6.45) is -0.685. The molecular formula is C18H15Cl2N3O3. The largest absolute Gasteiger partial charge is 0.481 e. The van der Waals surface area contributed by atoms with Gasteiger partial charge in [-0.2, -0.15) is 4.98 Å². The Kier molecular flexibility index (Phi) is 5.75. The molecule has 0 aliphatic rings. The monoisotopic (exact) mass is 391 g/mol. The number of benzene rings is 2. The molecule has 8 heteroatoms. The van der Waals surface area contributed by atoms with Gasteiger partial charge in [0.05, 0.1) is 6.54 Å². The number of amides is 1. The van der Waals surface area contributed by atoms with Gasteiger partial charge in [-0.05, 0) is 55.5 Å². The van der Waals surface area contributed by atoms with Crippen LogP contribution in [-0.2, 0) is 11.3 Å². The third-order valence-electron chi connectivity index (χ3n) is 3.48. The van der Waals surface area contributed by atoms with Crippen molar-refractivity contribution in [3.8, 4) is 17.1 Å². The summed E-state index contributed by atoms with van der Waals surface area (Å²) < 4.78 is 10.7. The average Bonchev–Trinajstić information content (AvgIpc) is 3.11. The summed E-state index contributed by atoms with van der Waals surface area (Å²) in [5.41, 5.74) is 0.773. The molecule has 1 aromatic heterocycles. The maximum absolute atomic E-state index is 12.1. The Morgan fingerprint density at radius 2 is 1.73 bits per heavy atom. The van der Waals surface area contributed by atoms with E-state index < -0.39 is 6.10 Å². The van der Waals surface area contributed by atoms with E-state index in [1.807, 2.05) is 0 Å². The summed E-state index contributed by atoms with van der Waals surface area (Å²) >= 11 is 11.7. The van der Waals surface area contributed by atoms with Crippen molar-refractivity contribution in [2.75, 3.05) is 0 Å². The Hall–Kier alpha value is -2.57. The first-order valence-electron chi connectivity index (χ1n) is 7.80. The molecule has 0 spiro atoms. The number of hydrogen-bond donors (Lipinski definition) is 1. The van der Waals surface area contributed by atoms with Gasteiger partial charge in [-0.3, -0.25) is 4.79 Å². The van der Waals surface area contributed by atoms with Crippen molar-refractivity contribution < 1.29 is 14.1 Å². The highest BCUT2D eigenvalue weighted by atomic mass is 35.5. The molecule has 3 aromatic rings. The van der Waals surface area contributed by atoms with E-state index in [0.29, 0.717) is 27.5 Å². The van der Waals surface area contributed by atoms with Crippen LogP contribution in [0.3, 0.4) is 0 Å². The van der Waals surface area contributed by atoms with Crippen molar-refractivity contribution in [1.82, 2.24) is 15.5 Å². The maximum Gasteiger partial charge on any atom is 0.261 e. The van der Waals surface area contributed by atoms with Crippen LogP contribution in [0.15, 0.2) is 53.1 Å². The summed E-state index contributed by atoms with van der Waals surface area (Å²) in [7, 11) is 0. The number of halogens is 2. The zero-order chi connectivity index (χ0) is 18.5. The van der Waals surface area contributed by atoms with Crippen molar-refractivity contribution in [3.63, 3.8) is 0 Å². The quantitative estimate of drug-likeness (QED) is 0.683. The van der Waals surface area contributed by atoms with E-state index in [0.717, 1.165) is 5.56 Å². The Labute approximate surface area is 160 Å². The van der Waals surface area contributed by atoms with E-state index in [2.05, 4.69) is 15.5 Å². The van der Waals surface area contributed by atoms with E-state index in [4.69, 9.17) is 32.5 Å². The first-order chi connectivity index (χ1) is 12.5. The topological polar surface area (TPSA) is 77.2 Å². The lowest BCUT2D eigenvalue weighted by Crippen LogP contribution is -2.35. The second kappa shape index (κ2) is 8.21. The molecular weight excluding hydrogens is 377 g/mol. The van der Waals surface area contributed by atoms with E-state index in [1.165, 1.54) is 0 Å². The first kappa shape index (κ1) is 18.2. The fourth-order valence-corrected chi connectivity index (χ4v) is 2.37. The fraction of sp³-hybridized carbons (Fsp3) is 0.167. The Morgan fingerprint density at radius 1 is 1.12 bits per heavy atom. The zero-order valence-electron chi connectivity index (χ0n) is 13.8. The van der Waals surface area contributed by atoms with Gasteiger partial charge in [0.15, 0.2) is 6.10 Å². The van der Waals surface area contributed by atoms with Gasteiger partial charge in [0.25, 0.3) is 5.91 Å². The van der Waals surface area contributed by atoms with Crippen molar-refractivity contribution >= 4 is 29.1 Å². The number of ether oxygens (including phenoxy) is 1. The van der Waals surface area contributed by atoms with Crippen LogP contribution >= 0.6 is 23.2 Å². The highest BCUT2D eigenvalue weighted by Crippen LogP contribution is 2.19. The molecule has 1 unspecified atom stereocenters. The van der Waals surface area contributed by atoms with Crippen LogP contribution in [0.4, 0.5) is 0 Å². The molecule has 0 saturated carbocycles. The van der Waals surface area contributed by atoms with E-state index in [1.54, 1.807) is 55.5 Å². The number of aromatic nitrogens is 2. The van der Waals surface area contributed by atoms with Crippen LogP contribution in [-0.4, -0.2) is 22.2 Å². The van der Waals surface area contributed by atoms with Crippen LogP contribution in [0, 0.1) is 0 Å². The molecule has 6 nitrogen and oxygen atoms in total. The Bertz CT molecular complexity index is 879. The Morgan fingerprint density at radius 3 is 2.38 bits per heavy atom. The molecule has 1 amide bonds. The van der Waals surface area contributed by atoms with Gasteiger partial charge in [-0.25, -0.2) is 0 Å². The highest BCUT2D eigenvalue weighted by molar-refractivity contribution is 6.30. The molecule has 0 aliphatic carbocycles. The normalized spacial score (nSPS) is 11.8. The SMILES string of the molecule is CC(Oc1ccc(Cl)cc1)C(=O)NCc1nc(-c2ccc(Cl)cc2)no1.